The van der Waals surface area contributed by atoms with E-state index in [1.807, 2.05) is 0 Å². The van der Waals surface area contributed by atoms with Crippen molar-refractivity contribution >= 4 is 0 Å². The highest BCUT2D eigenvalue weighted by atomic mass is 15.1. The standard InChI is InChI=1S/C9H18N2/c1-3-8(2)11-6-4-9(10)5-7-11/h9H,2-7,10H2,1H3. The van der Waals surface area contributed by atoms with Gasteiger partial charge in [-0.2, -0.15) is 0 Å². The molecule has 0 atom stereocenters. The molecule has 2 nitrogen and oxygen atoms in total. The molecule has 0 radical (unpaired) electrons. The van der Waals surface area contributed by atoms with E-state index >= 15 is 0 Å². The molecule has 0 aromatic heterocycles. The fourth-order valence-corrected chi connectivity index (χ4v) is 1.44. The fourth-order valence-electron chi connectivity index (χ4n) is 1.44. The molecule has 1 rings (SSSR count). The summed E-state index contributed by atoms with van der Waals surface area (Å²) in [7, 11) is 0. The monoisotopic (exact) mass is 154 g/mol. The Labute approximate surface area is 69.1 Å². The fraction of sp³-hybridized carbons (Fsp3) is 0.778. The van der Waals surface area contributed by atoms with Crippen LogP contribution in [0.15, 0.2) is 12.3 Å². The number of piperidine rings is 1. The molecule has 0 saturated carbocycles. The molecular weight excluding hydrogens is 136 g/mol. The van der Waals surface area contributed by atoms with Crippen LogP contribution >= 0.6 is 0 Å². The molecule has 0 aliphatic carbocycles. The Balaban J connectivity index is 2.33. The second-order valence-corrected chi connectivity index (χ2v) is 3.24. The van der Waals surface area contributed by atoms with Crippen LogP contribution in [0.25, 0.3) is 0 Å². The van der Waals surface area contributed by atoms with E-state index in [4.69, 9.17) is 5.73 Å². The lowest BCUT2D eigenvalue weighted by molar-refractivity contribution is 0.259. The van der Waals surface area contributed by atoms with Crippen LogP contribution in [0.1, 0.15) is 26.2 Å². The molecule has 1 saturated heterocycles. The molecular formula is C9H18N2. The van der Waals surface area contributed by atoms with Gasteiger partial charge >= 0.3 is 0 Å². The van der Waals surface area contributed by atoms with E-state index in [1.54, 1.807) is 0 Å². The molecule has 2 heteroatoms. The summed E-state index contributed by atoms with van der Waals surface area (Å²) in [5.74, 6) is 0. The Bertz CT molecular complexity index is 134. The summed E-state index contributed by atoms with van der Waals surface area (Å²) in [6.45, 7) is 8.37. The van der Waals surface area contributed by atoms with Gasteiger partial charge in [-0.05, 0) is 19.3 Å². The van der Waals surface area contributed by atoms with Crippen molar-refractivity contribution < 1.29 is 0 Å². The van der Waals surface area contributed by atoms with E-state index in [0.717, 1.165) is 32.4 Å². The van der Waals surface area contributed by atoms with Gasteiger partial charge in [0, 0.05) is 24.8 Å². The minimum Gasteiger partial charge on any atom is -0.375 e. The van der Waals surface area contributed by atoms with Crippen molar-refractivity contribution in [2.24, 2.45) is 5.73 Å². The summed E-state index contributed by atoms with van der Waals surface area (Å²) in [5.41, 5.74) is 7.04. The summed E-state index contributed by atoms with van der Waals surface area (Å²) >= 11 is 0. The van der Waals surface area contributed by atoms with Crippen molar-refractivity contribution in [2.45, 2.75) is 32.2 Å². The highest BCUT2D eigenvalue weighted by Gasteiger charge is 2.15. The van der Waals surface area contributed by atoms with Gasteiger partial charge in [-0.15, -0.1) is 0 Å². The first kappa shape index (κ1) is 8.60. The lowest BCUT2D eigenvalue weighted by atomic mass is 10.1. The molecule has 1 heterocycles. The van der Waals surface area contributed by atoms with Gasteiger partial charge in [-0.1, -0.05) is 13.5 Å². The van der Waals surface area contributed by atoms with Gasteiger partial charge in [0.25, 0.3) is 0 Å². The Morgan fingerprint density at radius 2 is 2.09 bits per heavy atom. The Morgan fingerprint density at radius 1 is 1.55 bits per heavy atom. The van der Waals surface area contributed by atoms with E-state index in [0.29, 0.717) is 6.04 Å². The molecule has 0 bridgehead atoms. The number of nitrogens with zero attached hydrogens (tertiary/aromatic N) is 1. The lowest BCUT2D eigenvalue weighted by Gasteiger charge is -2.32. The maximum atomic E-state index is 5.78. The van der Waals surface area contributed by atoms with Gasteiger partial charge in [-0.3, -0.25) is 0 Å². The van der Waals surface area contributed by atoms with Crippen molar-refractivity contribution in [3.63, 3.8) is 0 Å². The minimum atomic E-state index is 0.427. The van der Waals surface area contributed by atoms with Crippen LogP contribution in [0.2, 0.25) is 0 Å². The highest BCUT2D eigenvalue weighted by molar-refractivity contribution is 4.95. The van der Waals surface area contributed by atoms with Gasteiger partial charge < -0.3 is 10.6 Å². The average molecular weight is 154 g/mol. The second-order valence-electron chi connectivity index (χ2n) is 3.24. The Hall–Kier alpha value is -0.500. The maximum Gasteiger partial charge on any atom is 0.0189 e. The highest BCUT2D eigenvalue weighted by Crippen LogP contribution is 2.14. The minimum absolute atomic E-state index is 0.427. The molecule has 11 heavy (non-hydrogen) atoms. The largest absolute Gasteiger partial charge is 0.375 e. The third-order valence-electron chi connectivity index (χ3n) is 2.39. The third-order valence-corrected chi connectivity index (χ3v) is 2.39. The van der Waals surface area contributed by atoms with Crippen molar-refractivity contribution in [3.05, 3.63) is 12.3 Å². The third kappa shape index (κ3) is 2.22. The Morgan fingerprint density at radius 3 is 2.55 bits per heavy atom. The summed E-state index contributed by atoms with van der Waals surface area (Å²) in [4.78, 5) is 2.35. The number of nitrogens with two attached hydrogens (primary N) is 1. The molecule has 0 aromatic rings. The first-order valence-electron chi connectivity index (χ1n) is 4.42. The number of hydrogen-bond acceptors (Lipinski definition) is 2. The van der Waals surface area contributed by atoms with E-state index in [9.17, 15) is 0 Å². The van der Waals surface area contributed by atoms with Crippen molar-refractivity contribution in [3.8, 4) is 0 Å². The van der Waals surface area contributed by atoms with Crippen LogP contribution in [-0.4, -0.2) is 24.0 Å². The topological polar surface area (TPSA) is 29.3 Å². The molecule has 0 amide bonds. The number of likely N-dealkylation sites (tertiary alicyclic amines) is 1. The molecule has 0 spiro atoms. The second kappa shape index (κ2) is 3.77. The van der Waals surface area contributed by atoms with Crippen LogP contribution in [-0.2, 0) is 0 Å². The molecule has 1 aliphatic heterocycles. The van der Waals surface area contributed by atoms with Gasteiger partial charge in [0.15, 0.2) is 0 Å². The van der Waals surface area contributed by atoms with Gasteiger partial charge in [-0.25, -0.2) is 0 Å². The van der Waals surface area contributed by atoms with Gasteiger partial charge in [0.1, 0.15) is 0 Å². The first-order chi connectivity index (χ1) is 5.24. The van der Waals surface area contributed by atoms with Crippen molar-refractivity contribution in [1.29, 1.82) is 0 Å². The number of rotatable bonds is 2. The van der Waals surface area contributed by atoms with Crippen LogP contribution in [0.3, 0.4) is 0 Å². The van der Waals surface area contributed by atoms with Crippen LogP contribution < -0.4 is 5.73 Å². The molecule has 0 aromatic carbocycles. The van der Waals surface area contributed by atoms with E-state index in [1.165, 1.54) is 5.70 Å². The van der Waals surface area contributed by atoms with E-state index in [-0.39, 0.29) is 0 Å². The zero-order valence-electron chi connectivity index (χ0n) is 7.34. The maximum absolute atomic E-state index is 5.78. The van der Waals surface area contributed by atoms with E-state index in [2.05, 4.69) is 18.4 Å². The van der Waals surface area contributed by atoms with Crippen LogP contribution in [0.5, 0.6) is 0 Å². The molecule has 2 N–H and O–H groups in total. The Kier molecular flexibility index (Phi) is 2.94. The summed E-state index contributed by atoms with van der Waals surface area (Å²) in [6, 6.07) is 0.427. The van der Waals surface area contributed by atoms with Crippen LogP contribution in [0, 0.1) is 0 Å². The molecule has 1 fully saturated rings. The zero-order chi connectivity index (χ0) is 8.27. The van der Waals surface area contributed by atoms with Gasteiger partial charge in [0.05, 0.1) is 0 Å². The van der Waals surface area contributed by atoms with Crippen molar-refractivity contribution in [2.75, 3.05) is 13.1 Å². The smallest absolute Gasteiger partial charge is 0.0189 e. The number of hydrogen-bond donors (Lipinski definition) is 1. The first-order valence-corrected chi connectivity index (χ1v) is 4.42. The molecule has 64 valence electrons. The SMILES string of the molecule is C=C(CC)N1CCC(N)CC1. The summed E-state index contributed by atoms with van der Waals surface area (Å²) in [6.07, 6.45) is 3.31. The van der Waals surface area contributed by atoms with Crippen LogP contribution in [0.4, 0.5) is 0 Å². The number of allylic oxidation sites excluding steroid dienone is 1. The predicted octanol–water partition coefficient (Wildman–Crippen LogP) is 1.33. The van der Waals surface area contributed by atoms with E-state index < -0.39 is 0 Å². The van der Waals surface area contributed by atoms with Gasteiger partial charge in [0.2, 0.25) is 0 Å². The van der Waals surface area contributed by atoms with Crippen molar-refractivity contribution in [1.82, 2.24) is 4.90 Å². The predicted molar refractivity (Wildman–Crippen MR) is 48.2 cm³/mol. The lowest BCUT2D eigenvalue weighted by Crippen LogP contribution is -2.38. The normalized spacial score (nSPS) is 20.4. The molecule has 1 aliphatic rings. The molecule has 0 unspecified atom stereocenters. The zero-order valence-corrected chi connectivity index (χ0v) is 7.34. The summed E-state index contributed by atoms with van der Waals surface area (Å²) < 4.78 is 0. The average Bonchev–Trinajstić information content (AvgIpc) is 2.05. The summed E-state index contributed by atoms with van der Waals surface area (Å²) in [5, 5.41) is 0. The quantitative estimate of drug-likeness (QED) is 0.650.